The van der Waals surface area contributed by atoms with Gasteiger partial charge in [0.05, 0.1) is 17.7 Å². The molecule has 0 saturated heterocycles. The molecular formula is C17H21N3O3. The van der Waals surface area contributed by atoms with E-state index < -0.39 is 0 Å². The maximum atomic E-state index is 12.5. The van der Waals surface area contributed by atoms with Crippen LogP contribution in [-0.2, 0) is 4.79 Å². The van der Waals surface area contributed by atoms with Crippen molar-refractivity contribution in [3.8, 4) is 5.75 Å². The van der Waals surface area contributed by atoms with E-state index in [1.165, 1.54) is 0 Å². The molecule has 0 radical (unpaired) electrons. The SMILES string of the molecule is Cc1cc2c(c(=O)[nH]1)C(c1c(C)nn(C(C)C)c1C)CC(=O)O2. The van der Waals surface area contributed by atoms with Gasteiger partial charge in [0.1, 0.15) is 5.75 Å². The summed E-state index contributed by atoms with van der Waals surface area (Å²) in [5, 5.41) is 4.58. The topological polar surface area (TPSA) is 77.0 Å². The first-order chi connectivity index (χ1) is 10.8. The predicted octanol–water partition coefficient (Wildman–Crippen LogP) is 2.52. The lowest BCUT2D eigenvalue weighted by Crippen LogP contribution is -2.29. The lowest BCUT2D eigenvalue weighted by atomic mass is 9.85. The summed E-state index contributed by atoms with van der Waals surface area (Å²) in [7, 11) is 0. The van der Waals surface area contributed by atoms with Crippen molar-refractivity contribution in [2.24, 2.45) is 0 Å². The highest BCUT2D eigenvalue weighted by atomic mass is 16.5. The number of carbonyl (C=O) groups excluding carboxylic acids is 1. The molecule has 2 aromatic rings. The molecule has 0 saturated carbocycles. The Bertz CT molecular complexity index is 845. The van der Waals surface area contributed by atoms with Crippen LogP contribution < -0.4 is 10.3 Å². The van der Waals surface area contributed by atoms with Crippen LogP contribution in [0.3, 0.4) is 0 Å². The summed E-state index contributed by atoms with van der Waals surface area (Å²) < 4.78 is 7.23. The van der Waals surface area contributed by atoms with E-state index in [1.54, 1.807) is 13.0 Å². The number of rotatable bonds is 2. The molecule has 3 rings (SSSR count). The fourth-order valence-electron chi connectivity index (χ4n) is 3.45. The highest BCUT2D eigenvalue weighted by Crippen LogP contribution is 2.39. The summed E-state index contributed by atoms with van der Waals surface area (Å²) in [6.45, 7) is 9.79. The Morgan fingerprint density at radius 2 is 1.96 bits per heavy atom. The molecule has 1 aliphatic rings. The molecule has 0 aliphatic carbocycles. The Morgan fingerprint density at radius 3 is 2.57 bits per heavy atom. The van der Waals surface area contributed by atoms with Gasteiger partial charge in [-0.05, 0) is 34.6 Å². The molecular weight excluding hydrogens is 294 g/mol. The van der Waals surface area contributed by atoms with Crippen molar-refractivity contribution in [1.82, 2.24) is 14.8 Å². The second-order valence-electron chi connectivity index (χ2n) is 6.41. The monoisotopic (exact) mass is 315 g/mol. The second kappa shape index (κ2) is 5.37. The van der Waals surface area contributed by atoms with Crippen LogP contribution in [0.15, 0.2) is 10.9 Å². The van der Waals surface area contributed by atoms with Crippen molar-refractivity contribution in [3.05, 3.63) is 44.6 Å². The largest absolute Gasteiger partial charge is 0.426 e. The molecule has 0 bridgehead atoms. The van der Waals surface area contributed by atoms with Crippen molar-refractivity contribution in [1.29, 1.82) is 0 Å². The Kier molecular flexibility index (Phi) is 3.62. The zero-order chi connectivity index (χ0) is 16.9. The Morgan fingerprint density at radius 1 is 1.26 bits per heavy atom. The number of pyridine rings is 1. The number of nitrogens with zero attached hydrogens (tertiary/aromatic N) is 2. The smallest absolute Gasteiger partial charge is 0.312 e. The van der Waals surface area contributed by atoms with Crippen molar-refractivity contribution < 1.29 is 9.53 Å². The van der Waals surface area contributed by atoms with E-state index in [0.717, 1.165) is 17.0 Å². The minimum atomic E-state index is -0.317. The Hall–Kier alpha value is -2.37. The third-order valence-electron chi connectivity index (χ3n) is 4.33. The van der Waals surface area contributed by atoms with Gasteiger partial charge < -0.3 is 9.72 Å². The van der Waals surface area contributed by atoms with E-state index in [-0.39, 0.29) is 29.9 Å². The van der Waals surface area contributed by atoms with Gasteiger partial charge in [0.25, 0.3) is 5.56 Å². The molecule has 3 heterocycles. The summed E-state index contributed by atoms with van der Waals surface area (Å²) in [6.07, 6.45) is 0.157. The highest BCUT2D eigenvalue weighted by Gasteiger charge is 2.34. The Labute approximate surface area is 134 Å². The highest BCUT2D eigenvalue weighted by molar-refractivity contribution is 5.77. The Balaban J connectivity index is 2.24. The number of H-pyrrole nitrogens is 1. The van der Waals surface area contributed by atoms with Crippen molar-refractivity contribution in [3.63, 3.8) is 0 Å². The van der Waals surface area contributed by atoms with E-state index in [9.17, 15) is 9.59 Å². The number of carbonyl (C=O) groups is 1. The molecule has 1 N–H and O–H groups in total. The van der Waals surface area contributed by atoms with Crippen LogP contribution in [0.1, 0.15) is 60.4 Å². The molecule has 1 unspecified atom stereocenters. The number of esters is 1. The van der Waals surface area contributed by atoms with E-state index in [1.807, 2.05) is 18.5 Å². The van der Waals surface area contributed by atoms with Crippen molar-refractivity contribution in [2.75, 3.05) is 0 Å². The maximum absolute atomic E-state index is 12.5. The molecule has 122 valence electrons. The van der Waals surface area contributed by atoms with Crippen molar-refractivity contribution in [2.45, 2.75) is 53.0 Å². The number of aromatic amines is 1. The van der Waals surface area contributed by atoms with E-state index in [4.69, 9.17) is 4.74 Å². The van der Waals surface area contributed by atoms with Gasteiger partial charge >= 0.3 is 5.97 Å². The zero-order valence-corrected chi connectivity index (χ0v) is 14.1. The molecule has 6 heteroatoms. The van der Waals surface area contributed by atoms with Crippen LogP contribution in [0.4, 0.5) is 0 Å². The average Bonchev–Trinajstić information content (AvgIpc) is 2.72. The van der Waals surface area contributed by atoms with Gasteiger partial charge in [-0.3, -0.25) is 14.3 Å². The minimum Gasteiger partial charge on any atom is -0.426 e. The van der Waals surface area contributed by atoms with E-state index in [0.29, 0.717) is 17.0 Å². The molecule has 1 aliphatic heterocycles. The van der Waals surface area contributed by atoms with Crippen LogP contribution in [0, 0.1) is 20.8 Å². The van der Waals surface area contributed by atoms with Gasteiger partial charge in [0.15, 0.2) is 0 Å². The van der Waals surface area contributed by atoms with Gasteiger partial charge in [0, 0.05) is 35.0 Å². The summed E-state index contributed by atoms with van der Waals surface area (Å²) in [5.74, 6) is -0.268. The normalized spacial score (nSPS) is 17.3. The molecule has 0 aromatic carbocycles. The first-order valence-electron chi connectivity index (χ1n) is 7.79. The number of nitrogens with one attached hydrogen (secondary N) is 1. The number of ether oxygens (including phenoxy) is 1. The average molecular weight is 315 g/mol. The molecule has 23 heavy (non-hydrogen) atoms. The molecule has 0 spiro atoms. The number of hydrogen-bond acceptors (Lipinski definition) is 4. The fraction of sp³-hybridized carbons (Fsp3) is 0.471. The van der Waals surface area contributed by atoms with E-state index >= 15 is 0 Å². The number of aromatic nitrogens is 3. The zero-order valence-electron chi connectivity index (χ0n) is 14.1. The van der Waals surface area contributed by atoms with Gasteiger partial charge in [0.2, 0.25) is 0 Å². The van der Waals surface area contributed by atoms with Crippen LogP contribution >= 0.6 is 0 Å². The number of aryl methyl sites for hydroxylation is 2. The van der Waals surface area contributed by atoms with Crippen LogP contribution in [-0.4, -0.2) is 20.7 Å². The maximum Gasteiger partial charge on any atom is 0.312 e. The summed E-state index contributed by atoms with van der Waals surface area (Å²) in [4.78, 5) is 27.3. The van der Waals surface area contributed by atoms with Crippen LogP contribution in [0.25, 0.3) is 0 Å². The molecule has 1 atom stereocenters. The summed E-state index contributed by atoms with van der Waals surface area (Å²) in [5.41, 5.74) is 3.78. The number of hydrogen-bond donors (Lipinski definition) is 1. The minimum absolute atomic E-state index is 0.157. The quantitative estimate of drug-likeness (QED) is 0.864. The third-order valence-corrected chi connectivity index (χ3v) is 4.33. The van der Waals surface area contributed by atoms with Gasteiger partial charge in [-0.2, -0.15) is 5.10 Å². The van der Waals surface area contributed by atoms with Crippen molar-refractivity contribution >= 4 is 5.97 Å². The van der Waals surface area contributed by atoms with E-state index in [2.05, 4.69) is 23.9 Å². The lowest BCUT2D eigenvalue weighted by molar-refractivity contribution is -0.135. The molecule has 0 amide bonds. The van der Waals surface area contributed by atoms with Gasteiger partial charge in [-0.25, -0.2) is 0 Å². The fourth-order valence-corrected chi connectivity index (χ4v) is 3.45. The van der Waals surface area contributed by atoms with Gasteiger partial charge in [-0.1, -0.05) is 0 Å². The molecule has 0 fully saturated rings. The first-order valence-corrected chi connectivity index (χ1v) is 7.79. The first kappa shape index (κ1) is 15.5. The summed E-state index contributed by atoms with van der Waals surface area (Å²) >= 11 is 0. The number of fused-ring (bicyclic) bond motifs is 1. The van der Waals surface area contributed by atoms with Gasteiger partial charge in [-0.15, -0.1) is 0 Å². The summed E-state index contributed by atoms with van der Waals surface area (Å²) in [6, 6.07) is 1.92. The van der Waals surface area contributed by atoms with Crippen LogP contribution in [0.5, 0.6) is 5.75 Å². The molecule has 2 aromatic heterocycles. The van der Waals surface area contributed by atoms with Crippen LogP contribution in [0.2, 0.25) is 0 Å². The lowest BCUT2D eigenvalue weighted by Gasteiger charge is -2.24. The third kappa shape index (κ3) is 2.48. The molecule has 6 nitrogen and oxygen atoms in total. The second-order valence-corrected chi connectivity index (χ2v) is 6.41. The standard InChI is InChI=1S/C17H21N3O3/c1-8(2)20-11(5)15(10(4)19-20)12-7-14(21)23-13-6-9(3)18-17(22)16(12)13/h6,8,12H,7H2,1-5H3,(H,18,22). The predicted molar refractivity (Wildman–Crippen MR) is 86.0 cm³/mol.